The van der Waals surface area contributed by atoms with Crippen molar-refractivity contribution < 1.29 is 9.72 Å². The highest BCUT2D eigenvalue weighted by molar-refractivity contribution is 5.92. The molecule has 0 aromatic heterocycles. The first-order valence-corrected chi connectivity index (χ1v) is 4.04. The average molecular weight is 205 g/mol. The van der Waals surface area contributed by atoms with Gasteiger partial charge in [0.25, 0.3) is 12.5 Å². The van der Waals surface area contributed by atoms with Crippen LogP contribution in [0.4, 0.5) is 5.69 Å². The van der Waals surface area contributed by atoms with E-state index in [1.165, 1.54) is 12.1 Å². The fourth-order valence-electron chi connectivity index (χ4n) is 0.997. The summed E-state index contributed by atoms with van der Waals surface area (Å²) in [7, 11) is 0. The first-order valence-electron chi connectivity index (χ1n) is 4.04. The zero-order valence-corrected chi connectivity index (χ0v) is 7.64. The predicted molar refractivity (Wildman–Crippen MR) is 51.6 cm³/mol. The van der Waals surface area contributed by atoms with E-state index in [1.54, 1.807) is 12.1 Å². The zero-order valence-electron chi connectivity index (χ0n) is 7.64. The summed E-state index contributed by atoms with van der Waals surface area (Å²) in [5, 5.41) is 21.0. The van der Waals surface area contributed by atoms with Crippen LogP contribution in [0.3, 0.4) is 0 Å². The van der Waals surface area contributed by atoms with E-state index in [2.05, 4.69) is 5.32 Å². The summed E-state index contributed by atoms with van der Waals surface area (Å²) in [5.74, 6) is -0.747. The van der Waals surface area contributed by atoms with Crippen LogP contribution in [0.5, 0.6) is 0 Å². The number of amides is 1. The molecule has 0 aliphatic heterocycles. The van der Waals surface area contributed by atoms with Gasteiger partial charge in [-0.15, -0.1) is 0 Å². The zero-order chi connectivity index (χ0) is 11.3. The second-order valence-electron chi connectivity index (χ2n) is 2.70. The van der Waals surface area contributed by atoms with E-state index in [0.29, 0.717) is 0 Å². The first kappa shape index (κ1) is 10.7. The summed E-state index contributed by atoms with van der Waals surface area (Å²) in [6.07, 6.45) is 0. The van der Waals surface area contributed by atoms with Crippen molar-refractivity contribution in [3.8, 4) is 6.07 Å². The molecule has 0 spiro atoms. The van der Waals surface area contributed by atoms with Gasteiger partial charge in [-0.25, -0.2) is 0 Å². The van der Waals surface area contributed by atoms with Crippen molar-refractivity contribution in [3.63, 3.8) is 0 Å². The highest BCUT2D eigenvalue weighted by Crippen LogP contribution is 2.12. The molecule has 0 fully saturated rings. The van der Waals surface area contributed by atoms with Crippen molar-refractivity contribution in [2.24, 2.45) is 0 Å². The van der Waals surface area contributed by atoms with Gasteiger partial charge >= 0.3 is 0 Å². The van der Waals surface area contributed by atoms with Gasteiger partial charge in [0.05, 0.1) is 11.3 Å². The molecule has 0 saturated heterocycles. The fourth-order valence-corrected chi connectivity index (χ4v) is 0.997. The Hall–Kier alpha value is -2.42. The van der Waals surface area contributed by atoms with Crippen molar-refractivity contribution in [2.45, 2.75) is 0 Å². The molecule has 1 aromatic rings. The third-order valence-electron chi connectivity index (χ3n) is 1.59. The van der Waals surface area contributed by atoms with Gasteiger partial charge in [-0.1, -0.05) is 12.1 Å². The normalized spacial score (nSPS) is 9.00. The molecule has 76 valence electrons. The van der Waals surface area contributed by atoms with Gasteiger partial charge in [0.2, 0.25) is 0 Å². The molecule has 15 heavy (non-hydrogen) atoms. The second-order valence-corrected chi connectivity index (χ2v) is 2.70. The van der Waals surface area contributed by atoms with Gasteiger partial charge in [0, 0.05) is 4.92 Å². The average Bonchev–Trinajstić information content (AvgIpc) is 2.17. The van der Waals surface area contributed by atoms with E-state index in [9.17, 15) is 14.9 Å². The predicted octanol–water partition coefficient (Wildman–Crippen LogP) is 0.773. The minimum atomic E-state index is -0.806. The Morgan fingerprint density at radius 3 is 2.80 bits per heavy atom. The number of nitrogens with zero attached hydrogens (tertiary/aromatic N) is 2. The van der Waals surface area contributed by atoms with Crippen LogP contribution in [0, 0.1) is 21.4 Å². The first-order chi connectivity index (χ1) is 7.13. The number of carbonyl (C=O) groups excluding carboxylic acids is 1. The molecule has 0 heterocycles. The molecule has 1 aromatic carbocycles. The maximum absolute atomic E-state index is 11.0. The Bertz CT molecular complexity index is 436. The van der Waals surface area contributed by atoms with E-state index in [0.717, 1.165) is 0 Å². The number of nitrogens with one attached hydrogen (secondary N) is 1. The Morgan fingerprint density at radius 2 is 2.20 bits per heavy atom. The highest BCUT2D eigenvalue weighted by atomic mass is 16.6. The molecule has 0 radical (unpaired) electrons. The number of rotatable bonds is 3. The summed E-state index contributed by atoms with van der Waals surface area (Å²) >= 11 is 0. The summed E-state index contributed by atoms with van der Waals surface area (Å²) in [6.45, 7) is -0.806. The quantitative estimate of drug-likeness (QED) is 0.582. The van der Waals surface area contributed by atoms with Gasteiger partial charge in [-0.05, 0) is 12.1 Å². The van der Waals surface area contributed by atoms with Crippen LogP contribution in [0.25, 0.3) is 0 Å². The minimum absolute atomic E-state index is 0.272. The summed E-state index contributed by atoms with van der Waals surface area (Å²) in [6, 6.07) is 8.16. The third-order valence-corrected chi connectivity index (χ3v) is 1.59. The van der Waals surface area contributed by atoms with E-state index in [-0.39, 0.29) is 11.3 Å². The smallest absolute Gasteiger partial charge is 0.296 e. The molecule has 0 bridgehead atoms. The molecule has 6 nitrogen and oxygen atoms in total. The van der Waals surface area contributed by atoms with Crippen LogP contribution < -0.4 is 5.32 Å². The van der Waals surface area contributed by atoms with Crippen molar-refractivity contribution in [1.29, 1.82) is 5.26 Å². The van der Waals surface area contributed by atoms with Crippen LogP contribution in [0.15, 0.2) is 24.3 Å². The number of carbonyl (C=O) groups is 1. The largest absolute Gasteiger partial charge is 0.319 e. The Labute approximate surface area is 85.3 Å². The molecular weight excluding hydrogens is 198 g/mol. The van der Waals surface area contributed by atoms with Crippen LogP contribution >= 0.6 is 0 Å². The maximum Gasteiger partial charge on any atom is 0.296 e. The standard InChI is InChI=1S/C9H7N3O3/c10-5-7-3-1-2-4-8(7)11-9(13)6-12(14)15/h1-4H,6H2,(H,11,13). The number of hydrogen-bond acceptors (Lipinski definition) is 4. The van der Waals surface area contributed by atoms with Gasteiger partial charge < -0.3 is 5.32 Å². The van der Waals surface area contributed by atoms with E-state index in [4.69, 9.17) is 5.26 Å². The van der Waals surface area contributed by atoms with Crippen LogP contribution in [0.1, 0.15) is 5.56 Å². The molecule has 0 aliphatic rings. The van der Waals surface area contributed by atoms with Gasteiger partial charge in [-0.3, -0.25) is 14.9 Å². The molecule has 0 unspecified atom stereocenters. The van der Waals surface area contributed by atoms with Gasteiger partial charge in [-0.2, -0.15) is 5.26 Å². The molecule has 1 rings (SSSR count). The molecular formula is C9H7N3O3. The molecule has 1 amide bonds. The van der Waals surface area contributed by atoms with E-state index in [1.807, 2.05) is 6.07 Å². The highest BCUT2D eigenvalue weighted by Gasteiger charge is 2.11. The number of nitro groups is 1. The second kappa shape index (κ2) is 4.72. The van der Waals surface area contributed by atoms with Crippen LogP contribution in [-0.2, 0) is 4.79 Å². The van der Waals surface area contributed by atoms with Gasteiger partial charge in [0.1, 0.15) is 6.07 Å². The summed E-state index contributed by atoms with van der Waals surface area (Å²) < 4.78 is 0. The number of hydrogen-bond donors (Lipinski definition) is 1. The summed E-state index contributed by atoms with van der Waals surface area (Å²) in [5.41, 5.74) is 0.557. The number of nitriles is 1. The van der Waals surface area contributed by atoms with Crippen molar-refractivity contribution in [1.82, 2.24) is 0 Å². The molecule has 6 heteroatoms. The third kappa shape index (κ3) is 3.08. The van der Waals surface area contributed by atoms with Gasteiger partial charge in [0.15, 0.2) is 0 Å². The molecule has 0 saturated carbocycles. The van der Waals surface area contributed by atoms with Crippen LogP contribution in [0.2, 0.25) is 0 Å². The van der Waals surface area contributed by atoms with Crippen LogP contribution in [-0.4, -0.2) is 17.4 Å². The number of anilines is 1. The summed E-state index contributed by atoms with van der Waals surface area (Å²) in [4.78, 5) is 20.3. The Kier molecular flexibility index (Phi) is 3.35. The maximum atomic E-state index is 11.0. The topological polar surface area (TPSA) is 96.0 Å². The fraction of sp³-hybridized carbons (Fsp3) is 0.111. The lowest BCUT2D eigenvalue weighted by Gasteiger charge is -2.03. The molecule has 0 aliphatic carbocycles. The number of benzene rings is 1. The van der Waals surface area contributed by atoms with Crippen molar-refractivity contribution >= 4 is 11.6 Å². The lowest BCUT2D eigenvalue weighted by molar-refractivity contribution is -0.467. The number of para-hydroxylation sites is 1. The van der Waals surface area contributed by atoms with E-state index >= 15 is 0 Å². The van der Waals surface area contributed by atoms with Crippen molar-refractivity contribution in [3.05, 3.63) is 39.9 Å². The molecule has 0 atom stereocenters. The van der Waals surface area contributed by atoms with Crippen molar-refractivity contribution in [2.75, 3.05) is 11.9 Å². The SMILES string of the molecule is N#Cc1ccccc1NC(=O)C[N+](=O)[O-]. The lowest BCUT2D eigenvalue weighted by atomic mass is 10.2. The minimum Gasteiger partial charge on any atom is -0.319 e. The monoisotopic (exact) mass is 205 g/mol. The Balaban J connectivity index is 2.77. The molecule has 1 N–H and O–H groups in total. The Morgan fingerprint density at radius 1 is 1.53 bits per heavy atom. The lowest BCUT2D eigenvalue weighted by Crippen LogP contribution is -2.22. The van der Waals surface area contributed by atoms with E-state index < -0.39 is 17.4 Å².